The van der Waals surface area contributed by atoms with Gasteiger partial charge in [-0.3, -0.25) is 0 Å². The third kappa shape index (κ3) is 7.30. The molecule has 0 aromatic carbocycles. The molecule has 0 radical (unpaired) electrons. The number of methoxy groups -OCH3 is 1. The minimum atomic E-state index is 0.133. The third-order valence-corrected chi connectivity index (χ3v) is 2.06. The first-order valence-electron chi connectivity index (χ1n) is 5.36. The summed E-state index contributed by atoms with van der Waals surface area (Å²) >= 11 is 0. The summed E-state index contributed by atoms with van der Waals surface area (Å²) in [6, 6.07) is 0. The van der Waals surface area contributed by atoms with E-state index in [9.17, 15) is 0 Å². The summed E-state index contributed by atoms with van der Waals surface area (Å²) in [6.45, 7) is 9.50. The molecule has 0 heterocycles. The van der Waals surface area contributed by atoms with Gasteiger partial charge in [0.1, 0.15) is 0 Å². The standard InChI is InChI=1S/C11H24O3/c1-6-9(2)13-8-11(4)14-10(3)7-12-5/h9-11H,6-8H2,1-5H3. The Labute approximate surface area is 87.7 Å². The smallest absolute Gasteiger partial charge is 0.0785 e. The van der Waals surface area contributed by atoms with Crippen LogP contribution < -0.4 is 0 Å². The topological polar surface area (TPSA) is 27.7 Å². The van der Waals surface area contributed by atoms with E-state index in [1.165, 1.54) is 0 Å². The van der Waals surface area contributed by atoms with E-state index in [4.69, 9.17) is 14.2 Å². The molecule has 3 atom stereocenters. The van der Waals surface area contributed by atoms with Crippen LogP contribution in [-0.2, 0) is 14.2 Å². The maximum absolute atomic E-state index is 5.64. The zero-order chi connectivity index (χ0) is 11.0. The maximum atomic E-state index is 5.64. The second kappa shape index (κ2) is 8.21. The predicted octanol–water partition coefficient (Wildman–Crippen LogP) is 2.24. The first-order chi connectivity index (χ1) is 6.60. The van der Waals surface area contributed by atoms with Crippen molar-refractivity contribution < 1.29 is 14.2 Å². The summed E-state index contributed by atoms with van der Waals surface area (Å²) in [7, 11) is 1.68. The van der Waals surface area contributed by atoms with E-state index in [0.29, 0.717) is 19.3 Å². The maximum Gasteiger partial charge on any atom is 0.0785 e. The van der Waals surface area contributed by atoms with Gasteiger partial charge < -0.3 is 14.2 Å². The molecule has 0 saturated carbocycles. The lowest BCUT2D eigenvalue weighted by molar-refractivity contribution is -0.0767. The van der Waals surface area contributed by atoms with Crippen LogP contribution in [0.25, 0.3) is 0 Å². The van der Waals surface area contributed by atoms with Gasteiger partial charge in [0, 0.05) is 7.11 Å². The van der Waals surface area contributed by atoms with Gasteiger partial charge in [-0.25, -0.2) is 0 Å². The highest BCUT2D eigenvalue weighted by atomic mass is 16.6. The van der Waals surface area contributed by atoms with Crippen molar-refractivity contribution in [1.29, 1.82) is 0 Å². The monoisotopic (exact) mass is 204 g/mol. The summed E-state index contributed by atoms with van der Waals surface area (Å²) in [5, 5.41) is 0. The van der Waals surface area contributed by atoms with Gasteiger partial charge in [-0.1, -0.05) is 6.92 Å². The van der Waals surface area contributed by atoms with Gasteiger partial charge in [-0.15, -0.1) is 0 Å². The summed E-state index contributed by atoms with van der Waals surface area (Å²) < 4.78 is 16.2. The summed E-state index contributed by atoms with van der Waals surface area (Å²) in [4.78, 5) is 0. The molecular formula is C11H24O3. The van der Waals surface area contributed by atoms with Crippen molar-refractivity contribution in [1.82, 2.24) is 0 Å². The largest absolute Gasteiger partial charge is 0.382 e. The number of rotatable bonds is 8. The van der Waals surface area contributed by atoms with Crippen LogP contribution in [0.1, 0.15) is 34.1 Å². The lowest BCUT2D eigenvalue weighted by atomic mass is 10.3. The molecule has 3 unspecified atom stereocenters. The van der Waals surface area contributed by atoms with Gasteiger partial charge in [0.25, 0.3) is 0 Å². The zero-order valence-electron chi connectivity index (χ0n) is 10.1. The van der Waals surface area contributed by atoms with Crippen molar-refractivity contribution in [2.75, 3.05) is 20.3 Å². The molecule has 0 amide bonds. The van der Waals surface area contributed by atoms with Crippen LogP contribution in [0.2, 0.25) is 0 Å². The van der Waals surface area contributed by atoms with Crippen molar-refractivity contribution in [2.45, 2.75) is 52.4 Å². The van der Waals surface area contributed by atoms with Gasteiger partial charge in [-0.05, 0) is 27.2 Å². The van der Waals surface area contributed by atoms with Crippen molar-refractivity contribution in [2.24, 2.45) is 0 Å². The molecule has 3 nitrogen and oxygen atoms in total. The Bertz CT molecular complexity index is 128. The SMILES string of the molecule is CCC(C)OCC(C)OC(C)COC. The molecule has 0 fully saturated rings. The van der Waals surface area contributed by atoms with Crippen LogP contribution in [0.3, 0.4) is 0 Å². The Morgan fingerprint density at radius 3 is 2.00 bits per heavy atom. The van der Waals surface area contributed by atoms with Gasteiger partial charge in [0.15, 0.2) is 0 Å². The molecule has 0 rings (SSSR count). The average molecular weight is 204 g/mol. The van der Waals surface area contributed by atoms with Gasteiger partial charge in [0.2, 0.25) is 0 Å². The molecule has 0 aromatic heterocycles. The quantitative estimate of drug-likeness (QED) is 0.607. The second-order valence-electron chi connectivity index (χ2n) is 3.76. The highest BCUT2D eigenvalue weighted by Crippen LogP contribution is 2.02. The molecule has 86 valence electrons. The minimum Gasteiger partial charge on any atom is -0.382 e. The molecule has 0 aliphatic rings. The van der Waals surface area contributed by atoms with Crippen molar-refractivity contribution in [3.63, 3.8) is 0 Å². The van der Waals surface area contributed by atoms with Gasteiger partial charge >= 0.3 is 0 Å². The van der Waals surface area contributed by atoms with Crippen LogP contribution in [0.15, 0.2) is 0 Å². The zero-order valence-corrected chi connectivity index (χ0v) is 10.1. The Balaban J connectivity index is 3.49. The molecule has 0 spiro atoms. The minimum absolute atomic E-state index is 0.133. The predicted molar refractivity (Wildman–Crippen MR) is 57.6 cm³/mol. The van der Waals surface area contributed by atoms with E-state index in [2.05, 4.69) is 13.8 Å². The van der Waals surface area contributed by atoms with Crippen LogP contribution in [0, 0.1) is 0 Å². The Kier molecular flexibility index (Phi) is 8.14. The van der Waals surface area contributed by atoms with E-state index in [0.717, 1.165) is 6.42 Å². The molecule has 0 saturated heterocycles. The highest BCUT2D eigenvalue weighted by molar-refractivity contribution is 4.55. The summed E-state index contributed by atoms with van der Waals surface area (Å²) in [5.41, 5.74) is 0. The van der Waals surface area contributed by atoms with E-state index < -0.39 is 0 Å². The van der Waals surface area contributed by atoms with E-state index in [-0.39, 0.29) is 12.2 Å². The first-order valence-corrected chi connectivity index (χ1v) is 5.36. The highest BCUT2D eigenvalue weighted by Gasteiger charge is 2.09. The van der Waals surface area contributed by atoms with E-state index in [1.54, 1.807) is 7.11 Å². The van der Waals surface area contributed by atoms with E-state index in [1.807, 2.05) is 13.8 Å². The molecule has 0 aliphatic carbocycles. The lowest BCUT2D eigenvalue weighted by Crippen LogP contribution is -2.26. The Hall–Kier alpha value is -0.120. The molecule has 0 aliphatic heterocycles. The average Bonchev–Trinajstić information content (AvgIpc) is 2.14. The number of hydrogen-bond donors (Lipinski definition) is 0. The Morgan fingerprint density at radius 1 is 0.929 bits per heavy atom. The third-order valence-electron chi connectivity index (χ3n) is 2.06. The molecule has 0 bridgehead atoms. The fraction of sp³-hybridized carbons (Fsp3) is 1.00. The summed E-state index contributed by atoms with van der Waals surface area (Å²) in [5.74, 6) is 0. The van der Waals surface area contributed by atoms with E-state index >= 15 is 0 Å². The van der Waals surface area contributed by atoms with Crippen LogP contribution in [0.5, 0.6) is 0 Å². The van der Waals surface area contributed by atoms with Gasteiger partial charge in [-0.2, -0.15) is 0 Å². The summed E-state index contributed by atoms with van der Waals surface area (Å²) in [6.07, 6.45) is 1.63. The molecule has 14 heavy (non-hydrogen) atoms. The normalized spacial score (nSPS) is 17.8. The number of ether oxygens (including phenoxy) is 3. The second-order valence-corrected chi connectivity index (χ2v) is 3.76. The molecule has 0 N–H and O–H groups in total. The lowest BCUT2D eigenvalue weighted by Gasteiger charge is -2.20. The van der Waals surface area contributed by atoms with Crippen molar-refractivity contribution >= 4 is 0 Å². The first kappa shape index (κ1) is 13.9. The fourth-order valence-corrected chi connectivity index (χ4v) is 1.13. The molecule has 0 aromatic rings. The molecule has 3 heteroatoms. The van der Waals surface area contributed by atoms with Crippen molar-refractivity contribution in [3.05, 3.63) is 0 Å². The fourth-order valence-electron chi connectivity index (χ4n) is 1.13. The Morgan fingerprint density at radius 2 is 1.50 bits per heavy atom. The number of hydrogen-bond acceptors (Lipinski definition) is 3. The molecular weight excluding hydrogens is 180 g/mol. The van der Waals surface area contributed by atoms with Crippen molar-refractivity contribution in [3.8, 4) is 0 Å². The van der Waals surface area contributed by atoms with Crippen LogP contribution >= 0.6 is 0 Å². The van der Waals surface area contributed by atoms with Crippen LogP contribution in [0.4, 0.5) is 0 Å². The van der Waals surface area contributed by atoms with Crippen LogP contribution in [-0.4, -0.2) is 38.6 Å². The van der Waals surface area contributed by atoms with Gasteiger partial charge in [0.05, 0.1) is 31.5 Å².